The molecule has 4 amide bonds. The molecule has 3 aromatic heterocycles. The highest BCUT2D eigenvalue weighted by Gasteiger charge is 2.41. The molecule has 1 aliphatic carbocycles. The van der Waals surface area contributed by atoms with Gasteiger partial charge in [0.25, 0.3) is 5.91 Å². The Morgan fingerprint density at radius 3 is 2.40 bits per heavy atom. The number of rotatable bonds is 9. The number of nitrogen functional groups attached to an aromatic ring is 1. The van der Waals surface area contributed by atoms with Crippen LogP contribution in [0.15, 0.2) is 73.1 Å². The van der Waals surface area contributed by atoms with E-state index in [2.05, 4.69) is 31.2 Å². The number of aromatic hydroxyl groups is 1. The van der Waals surface area contributed by atoms with Crippen LogP contribution in [0.2, 0.25) is 0 Å². The van der Waals surface area contributed by atoms with Crippen LogP contribution in [-0.4, -0.2) is 111 Å². The number of phenols is 1. The molecule has 14 nitrogen and oxygen atoms in total. The maximum Gasteiger partial charge on any atom is 0.328 e. The highest BCUT2D eigenvalue weighted by Crippen LogP contribution is 2.46. The number of piperidine rings is 3. The first kappa shape index (κ1) is 40.9. The summed E-state index contributed by atoms with van der Waals surface area (Å²) in [6, 6.07) is 17.1. The number of phenolic OH excluding ortho intramolecular Hbond substituents is 1. The third-order valence-electron chi connectivity index (χ3n) is 13.9. The molecule has 5 aromatic rings. The van der Waals surface area contributed by atoms with E-state index in [1.165, 1.54) is 5.56 Å². The smallest absolute Gasteiger partial charge is 0.328 e. The minimum Gasteiger partial charge on any atom is -0.507 e. The van der Waals surface area contributed by atoms with Gasteiger partial charge < -0.3 is 30.1 Å². The van der Waals surface area contributed by atoms with Gasteiger partial charge in [-0.1, -0.05) is 24.3 Å². The van der Waals surface area contributed by atoms with Crippen molar-refractivity contribution in [2.75, 3.05) is 67.9 Å². The fourth-order valence-corrected chi connectivity index (χ4v) is 10.1. The topological polar surface area (TPSA) is 166 Å². The monoisotopic (exact) mass is 858 g/mol. The lowest BCUT2D eigenvalue weighted by molar-refractivity contribution is -0.120. The van der Waals surface area contributed by atoms with Crippen molar-refractivity contribution in [3.8, 4) is 17.0 Å². The van der Waals surface area contributed by atoms with Crippen molar-refractivity contribution in [3.63, 3.8) is 0 Å². The Morgan fingerprint density at radius 1 is 0.905 bits per heavy atom. The number of carbonyl (C=O) groups is 3. The quantitative estimate of drug-likeness (QED) is 0.143. The number of nitrogens with zero attached hydrogens (tertiary/aromatic N) is 8. The summed E-state index contributed by atoms with van der Waals surface area (Å²) in [6.07, 6.45) is 9.56. The minimum absolute atomic E-state index is 0.0359. The minimum atomic E-state index is -1.70. The van der Waals surface area contributed by atoms with Gasteiger partial charge in [0.05, 0.1) is 29.8 Å². The van der Waals surface area contributed by atoms with Crippen molar-refractivity contribution in [3.05, 3.63) is 89.7 Å². The molecule has 0 unspecified atom stereocenters. The number of anilines is 3. The number of hydrogen-bond donors (Lipinski definition) is 3. The van der Waals surface area contributed by atoms with Crippen LogP contribution >= 0.6 is 0 Å². The summed E-state index contributed by atoms with van der Waals surface area (Å²) < 4.78 is 35.5. The van der Waals surface area contributed by atoms with E-state index in [9.17, 15) is 19.5 Å². The summed E-state index contributed by atoms with van der Waals surface area (Å²) in [4.78, 5) is 50.2. The first-order chi connectivity index (χ1) is 30.4. The number of nitrogens with two attached hydrogens (primary N) is 1. The normalized spacial score (nSPS) is 22.4. The lowest BCUT2D eigenvalue weighted by atomic mass is 9.86. The van der Waals surface area contributed by atoms with Gasteiger partial charge in [0, 0.05) is 93.8 Å². The molecule has 4 aliphatic heterocycles. The summed E-state index contributed by atoms with van der Waals surface area (Å²) in [6.45, 7) is 3.38. The third-order valence-corrected chi connectivity index (χ3v) is 13.9. The molecule has 328 valence electrons. The molecule has 1 atom stereocenters. The number of aromatic nitrogens is 4. The first-order valence-electron chi connectivity index (χ1n) is 22.2. The predicted octanol–water partition coefficient (Wildman–Crippen LogP) is 6.85. The van der Waals surface area contributed by atoms with E-state index in [0.29, 0.717) is 85.2 Å². The molecule has 0 spiro atoms. The standard InChI is InChI=1S/C47H52F2N10O4/c48-46(28-55-19-12-33(13-20-55)59-27-37(30-6-7-30)36-24-34(26-51-43(36)59)58-21-14-41(61)52-45(58)63)16-22-56(23-17-46)44(62)31-8-10-32(11-9-31)47(49)15-3-18-57(29-47)39-25-38(53-54-42(39)50)35-4-1-2-5-40(35)60/h1-2,4-5,8-11,24-27,30,33,60H,3,6-7,12-23,28-29H2,(H2,50,54)(H,52,61,63)/t47-/m0/s1. The van der Waals surface area contributed by atoms with Crippen molar-refractivity contribution in [2.45, 2.75) is 81.1 Å². The fourth-order valence-electron chi connectivity index (χ4n) is 10.1. The Hall–Kier alpha value is -6.16. The average Bonchev–Trinajstić information content (AvgIpc) is 4.07. The van der Waals surface area contributed by atoms with Gasteiger partial charge in [-0.05, 0) is 92.0 Å². The van der Waals surface area contributed by atoms with Gasteiger partial charge in [0.1, 0.15) is 17.1 Å². The van der Waals surface area contributed by atoms with Crippen LogP contribution in [0.3, 0.4) is 0 Å². The molecular formula is C47H52F2N10O4. The van der Waals surface area contributed by atoms with Crippen LogP contribution in [0.4, 0.5) is 30.8 Å². The van der Waals surface area contributed by atoms with Crippen molar-refractivity contribution >= 4 is 46.1 Å². The van der Waals surface area contributed by atoms with Crippen molar-refractivity contribution < 1.29 is 28.3 Å². The molecular weight excluding hydrogens is 807 g/mol. The van der Waals surface area contributed by atoms with E-state index in [0.717, 1.165) is 49.8 Å². The molecule has 0 radical (unpaired) electrons. The Labute approximate surface area is 364 Å². The molecule has 10 rings (SSSR count). The van der Waals surface area contributed by atoms with Gasteiger partial charge in [-0.2, -0.15) is 0 Å². The fraction of sp³-hybridized carbons (Fsp3) is 0.447. The van der Waals surface area contributed by atoms with E-state index >= 15 is 8.78 Å². The summed E-state index contributed by atoms with van der Waals surface area (Å²) in [5, 5.41) is 22.1. The van der Waals surface area contributed by atoms with Crippen molar-refractivity contribution in [2.24, 2.45) is 0 Å². The second-order valence-corrected chi connectivity index (χ2v) is 18.1. The molecule has 2 aromatic carbocycles. The number of carbonyl (C=O) groups excluding carboxylic acids is 3. The number of urea groups is 1. The number of pyridine rings is 1. The zero-order chi connectivity index (χ0) is 43.5. The number of fused-ring (bicyclic) bond motifs is 1. The highest BCUT2D eigenvalue weighted by atomic mass is 19.1. The number of halogens is 2. The lowest BCUT2D eigenvalue weighted by Crippen LogP contribution is -2.51. The molecule has 5 fully saturated rings. The van der Waals surface area contributed by atoms with E-state index < -0.39 is 17.4 Å². The first-order valence-corrected chi connectivity index (χ1v) is 22.2. The van der Waals surface area contributed by atoms with Crippen molar-refractivity contribution in [1.29, 1.82) is 0 Å². The van der Waals surface area contributed by atoms with Crippen LogP contribution in [0, 0.1) is 0 Å². The Morgan fingerprint density at radius 2 is 1.67 bits per heavy atom. The Bertz CT molecular complexity index is 2570. The van der Waals surface area contributed by atoms with E-state index in [1.807, 2.05) is 11.0 Å². The number of nitrogens with one attached hydrogen (secondary N) is 1. The SMILES string of the molecule is Nc1nnc(-c2ccccc2O)cc1N1CCC[C@@](F)(c2ccc(C(=O)N3CCC(F)(CN4CCC(n5cc(C6CC6)c6cc(N7CCC(=O)NC7=O)cnc65)CC4)CC3)cc2)C1. The Kier molecular flexibility index (Phi) is 10.5. The molecule has 5 aliphatic rings. The Balaban J connectivity index is 0.737. The van der Waals surface area contributed by atoms with E-state index in [4.69, 9.17) is 10.7 Å². The number of benzene rings is 2. The van der Waals surface area contributed by atoms with Gasteiger partial charge in [-0.15, -0.1) is 10.2 Å². The average molecular weight is 859 g/mol. The molecule has 0 bridgehead atoms. The predicted molar refractivity (Wildman–Crippen MR) is 235 cm³/mol. The van der Waals surface area contributed by atoms with E-state index in [-0.39, 0.29) is 55.2 Å². The molecule has 4 N–H and O–H groups in total. The van der Waals surface area contributed by atoms with Gasteiger partial charge in [0.2, 0.25) is 5.91 Å². The van der Waals surface area contributed by atoms with Crippen molar-refractivity contribution in [1.82, 2.24) is 34.9 Å². The number of hydrogen-bond acceptors (Lipinski definition) is 10. The second-order valence-electron chi connectivity index (χ2n) is 18.1. The van der Waals surface area contributed by atoms with E-state index in [1.54, 1.807) is 70.6 Å². The molecule has 63 heavy (non-hydrogen) atoms. The van der Waals surface area contributed by atoms with Crippen LogP contribution < -0.4 is 20.9 Å². The summed E-state index contributed by atoms with van der Waals surface area (Å²) in [5.74, 6) is 0.262. The zero-order valence-corrected chi connectivity index (χ0v) is 35.2. The number of para-hydroxylation sites is 1. The second kappa shape index (κ2) is 16.2. The molecule has 16 heteroatoms. The highest BCUT2D eigenvalue weighted by molar-refractivity contribution is 6.06. The number of alkyl halides is 2. The van der Waals surface area contributed by atoms with Gasteiger partial charge in [0.15, 0.2) is 11.5 Å². The number of imide groups is 1. The number of amides is 4. The summed E-state index contributed by atoms with van der Waals surface area (Å²) in [7, 11) is 0. The van der Waals surface area contributed by atoms with Crippen LogP contribution in [0.5, 0.6) is 5.75 Å². The van der Waals surface area contributed by atoms with Gasteiger partial charge in [-0.25, -0.2) is 18.6 Å². The molecule has 7 heterocycles. The molecule has 4 saturated heterocycles. The zero-order valence-electron chi connectivity index (χ0n) is 35.2. The lowest BCUT2D eigenvalue weighted by Gasteiger charge is -2.41. The third kappa shape index (κ3) is 8.05. The largest absolute Gasteiger partial charge is 0.507 e. The summed E-state index contributed by atoms with van der Waals surface area (Å²) in [5.41, 5.74) is 8.38. The number of likely N-dealkylation sites (tertiary alicyclic amines) is 2. The van der Waals surface area contributed by atoms with Crippen LogP contribution in [0.25, 0.3) is 22.3 Å². The summed E-state index contributed by atoms with van der Waals surface area (Å²) >= 11 is 0. The molecule has 1 saturated carbocycles. The van der Waals surface area contributed by atoms with Crippen LogP contribution in [-0.2, 0) is 10.5 Å². The maximum absolute atomic E-state index is 16.8. The van der Waals surface area contributed by atoms with Gasteiger partial charge >= 0.3 is 6.03 Å². The maximum atomic E-state index is 16.8. The van der Waals surface area contributed by atoms with Gasteiger partial charge in [-0.3, -0.25) is 19.8 Å². The van der Waals surface area contributed by atoms with Crippen LogP contribution in [0.1, 0.15) is 91.2 Å².